The Morgan fingerprint density at radius 2 is 1.58 bits per heavy atom. The molecule has 2 aromatic rings. The first kappa shape index (κ1) is 14.1. The minimum Gasteiger partial charge on any atom is -0.489 e. The smallest absolute Gasteiger partial charge is 0.120 e. The summed E-state index contributed by atoms with van der Waals surface area (Å²) in [4.78, 5) is 0. The van der Waals surface area contributed by atoms with Crippen LogP contribution in [0.15, 0.2) is 46.9 Å². The number of hydrogen-bond acceptors (Lipinski definition) is 3. The average molecular weight is 323 g/mol. The van der Waals surface area contributed by atoms with Gasteiger partial charge in [0, 0.05) is 4.47 Å². The van der Waals surface area contributed by atoms with E-state index >= 15 is 0 Å². The summed E-state index contributed by atoms with van der Waals surface area (Å²) in [6.45, 7) is 0.481. The third-order valence-corrected chi connectivity index (χ3v) is 3.57. The predicted molar refractivity (Wildman–Crippen MR) is 76.8 cm³/mol. The van der Waals surface area contributed by atoms with E-state index in [-0.39, 0.29) is 13.2 Å². The molecule has 0 bridgehead atoms. The van der Waals surface area contributed by atoms with Crippen molar-refractivity contribution in [3.63, 3.8) is 0 Å². The molecule has 0 radical (unpaired) electrons. The van der Waals surface area contributed by atoms with Crippen LogP contribution in [0.2, 0.25) is 0 Å². The van der Waals surface area contributed by atoms with Gasteiger partial charge in [-0.25, -0.2) is 0 Å². The number of aliphatic hydroxyl groups is 2. The Kier molecular flexibility index (Phi) is 4.96. The monoisotopic (exact) mass is 322 g/mol. The maximum Gasteiger partial charge on any atom is 0.120 e. The highest BCUT2D eigenvalue weighted by Gasteiger charge is 2.02. The first-order valence-electron chi connectivity index (χ1n) is 5.93. The third-order valence-electron chi connectivity index (χ3n) is 2.80. The van der Waals surface area contributed by atoms with Crippen molar-refractivity contribution >= 4 is 15.9 Å². The summed E-state index contributed by atoms with van der Waals surface area (Å²) in [5.74, 6) is 0.721. The molecule has 0 aromatic heterocycles. The van der Waals surface area contributed by atoms with Crippen LogP contribution in [0.4, 0.5) is 0 Å². The van der Waals surface area contributed by atoms with Crippen molar-refractivity contribution in [1.82, 2.24) is 0 Å². The Labute approximate surface area is 120 Å². The highest BCUT2D eigenvalue weighted by Crippen LogP contribution is 2.23. The molecule has 2 N–H and O–H groups in total. The zero-order chi connectivity index (χ0) is 13.7. The molecule has 0 aliphatic heterocycles. The van der Waals surface area contributed by atoms with E-state index < -0.39 is 0 Å². The highest BCUT2D eigenvalue weighted by atomic mass is 79.9. The number of benzene rings is 2. The molecule has 0 aliphatic carbocycles. The lowest BCUT2D eigenvalue weighted by Gasteiger charge is -2.09. The van der Waals surface area contributed by atoms with Crippen LogP contribution in [0, 0.1) is 0 Å². The van der Waals surface area contributed by atoms with Crippen LogP contribution >= 0.6 is 15.9 Å². The van der Waals surface area contributed by atoms with E-state index in [2.05, 4.69) is 15.9 Å². The van der Waals surface area contributed by atoms with Crippen molar-refractivity contribution in [2.45, 2.75) is 19.8 Å². The molecule has 0 spiro atoms. The lowest BCUT2D eigenvalue weighted by molar-refractivity contribution is 0.277. The number of aliphatic hydroxyl groups excluding tert-OH is 2. The van der Waals surface area contributed by atoms with Gasteiger partial charge in [-0.3, -0.25) is 0 Å². The Hall–Kier alpha value is -1.36. The highest BCUT2D eigenvalue weighted by molar-refractivity contribution is 9.10. The number of hydrogen-bond donors (Lipinski definition) is 2. The molecule has 0 saturated carbocycles. The van der Waals surface area contributed by atoms with Gasteiger partial charge in [0.2, 0.25) is 0 Å². The fourth-order valence-corrected chi connectivity index (χ4v) is 2.04. The van der Waals surface area contributed by atoms with Gasteiger partial charge in [-0.15, -0.1) is 0 Å². The summed E-state index contributed by atoms with van der Waals surface area (Å²) in [6.07, 6.45) is 0. The Morgan fingerprint density at radius 1 is 0.895 bits per heavy atom. The lowest BCUT2D eigenvalue weighted by Crippen LogP contribution is -1.97. The molecule has 2 aromatic carbocycles. The molecule has 4 heteroatoms. The van der Waals surface area contributed by atoms with Crippen LogP contribution < -0.4 is 4.74 Å². The van der Waals surface area contributed by atoms with E-state index in [1.54, 1.807) is 0 Å². The van der Waals surface area contributed by atoms with Gasteiger partial charge in [0.05, 0.1) is 13.2 Å². The lowest BCUT2D eigenvalue weighted by atomic mass is 10.1. The second-order valence-corrected chi connectivity index (χ2v) is 5.03. The van der Waals surface area contributed by atoms with Gasteiger partial charge in [-0.05, 0) is 34.9 Å². The molecular weight excluding hydrogens is 308 g/mol. The molecule has 0 aliphatic rings. The maximum atomic E-state index is 9.18. The summed E-state index contributed by atoms with van der Waals surface area (Å²) in [5, 5.41) is 18.1. The first-order chi connectivity index (χ1) is 9.22. The van der Waals surface area contributed by atoms with Crippen molar-refractivity contribution < 1.29 is 14.9 Å². The van der Waals surface area contributed by atoms with E-state index in [4.69, 9.17) is 9.84 Å². The molecule has 0 saturated heterocycles. The summed E-state index contributed by atoms with van der Waals surface area (Å²) in [7, 11) is 0. The SMILES string of the molecule is OCc1ccc(COc2ccc(Br)c(CO)c2)cc1. The molecule has 0 amide bonds. The Morgan fingerprint density at radius 3 is 2.21 bits per heavy atom. The molecule has 0 atom stereocenters. The van der Waals surface area contributed by atoms with Gasteiger partial charge in [-0.1, -0.05) is 40.2 Å². The van der Waals surface area contributed by atoms with Crippen molar-refractivity contribution in [1.29, 1.82) is 0 Å². The van der Waals surface area contributed by atoms with Crippen LogP contribution in [0.5, 0.6) is 5.75 Å². The second kappa shape index (κ2) is 6.70. The minimum atomic E-state index is -0.0248. The second-order valence-electron chi connectivity index (χ2n) is 4.17. The minimum absolute atomic E-state index is 0.0248. The predicted octanol–water partition coefficient (Wildman–Crippen LogP) is 3.01. The standard InChI is InChI=1S/C15H15BrO3/c16-15-6-5-14(7-13(15)9-18)19-10-12-3-1-11(8-17)2-4-12/h1-7,17-18H,8-10H2. The largest absolute Gasteiger partial charge is 0.489 e. The van der Waals surface area contributed by atoms with E-state index in [0.29, 0.717) is 6.61 Å². The van der Waals surface area contributed by atoms with E-state index in [1.807, 2.05) is 42.5 Å². The normalized spacial score (nSPS) is 10.5. The fraction of sp³-hybridized carbons (Fsp3) is 0.200. The summed E-state index contributed by atoms with van der Waals surface area (Å²) < 4.78 is 6.54. The van der Waals surface area contributed by atoms with Crippen LogP contribution in [0.1, 0.15) is 16.7 Å². The molecule has 0 fully saturated rings. The summed E-state index contributed by atoms with van der Waals surface area (Å²) >= 11 is 3.36. The average Bonchev–Trinajstić information content (AvgIpc) is 2.47. The van der Waals surface area contributed by atoms with Crippen molar-refractivity contribution in [2.24, 2.45) is 0 Å². The molecule has 0 unspecified atom stereocenters. The fourth-order valence-electron chi connectivity index (χ4n) is 1.67. The molecule has 2 rings (SSSR count). The summed E-state index contributed by atoms with van der Waals surface area (Å²) in [5.41, 5.74) is 2.72. The van der Waals surface area contributed by atoms with E-state index in [9.17, 15) is 5.11 Å². The van der Waals surface area contributed by atoms with Gasteiger partial charge in [0.25, 0.3) is 0 Å². The van der Waals surface area contributed by atoms with E-state index in [1.165, 1.54) is 0 Å². The summed E-state index contributed by atoms with van der Waals surface area (Å²) in [6, 6.07) is 13.1. The number of halogens is 1. The quantitative estimate of drug-likeness (QED) is 0.889. The Bertz CT molecular complexity index is 538. The molecule has 100 valence electrons. The zero-order valence-electron chi connectivity index (χ0n) is 10.3. The van der Waals surface area contributed by atoms with Gasteiger partial charge in [0.15, 0.2) is 0 Å². The Balaban J connectivity index is 2.01. The van der Waals surface area contributed by atoms with Crippen LogP contribution in [0.3, 0.4) is 0 Å². The molecule has 3 nitrogen and oxygen atoms in total. The molecule has 0 heterocycles. The van der Waals surface area contributed by atoms with Gasteiger partial charge in [-0.2, -0.15) is 0 Å². The van der Waals surface area contributed by atoms with Crippen molar-refractivity contribution in [2.75, 3.05) is 0 Å². The van der Waals surface area contributed by atoms with Gasteiger partial charge >= 0.3 is 0 Å². The van der Waals surface area contributed by atoms with Gasteiger partial charge in [0.1, 0.15) is 12.4 Å². The molecule has 19 heavy (non-hydrogen) atoms. The first-order valence-corrected chi connectivity index (χ1v) is 6.73. The third kappa shape index (κ3) is 3.80. The van der Waals surface area contributed by atoms with Crippen LogP contribution in [-0.2, 0) is 19.8 Å². The maximum absolute atomic E-state index is 9.18. The van der Waals surface area contributed by atoms with Crippen LogP contribution in [-0.4, -0.2) is 10.2 Å². The zero-order valence-corrected chi connectivity index (χ0v) is 11.9. The number of ether oxygens (including phenoxy) is 1. The topological polar surface area (TPSA) is 49.7 Å². The van der Waals surface area contributed by atoms with E-state index in [0.717, 1.165) is 26.9 Å². The molecular formula is C15H15BrO3. The van der Waals surface area contributed by atoms with Crippen molar-refractivity contribution in [3.05, 3.63) is 63.6 Å². The van der Waals surface area contributed by atoms with Crippen molar-refractivity contribution in [3.8, 4) is 5.75 Å². The van der Waals surface area contributed by atoms with Gasteiger partial charge < -0.3 is 14.9 Å². The van der Waals surface area contributed by atoms with Crippen LogP contribution in [0.25, 0.3) is 0 Å². The number of rotatable bonds is 5.